The van der Waals surface area contributed by atoms with E-state index in [2.05, 4.69) is 30.7 Å². The molecule has 1 aliphatic rings. The first-order chi connectivity index (χ1) is 14.1. The lowest BCUT2D eigenvalue weighted by molar-refractivity contribution is 0.0655. The predicted molar refractivity (Wildman–Crippen MR) is 115 cm³/mol. The number of rotatable bonds is 9. The van der Waals surface area contributed by atoms with Gasteiger partial charge in [0, 0.05) is 38.3 Å². The summed E-state index contributed by atoms with van der Waals surface area (Å²) in [5, 5.41) is 0. The lowest BCUT2D eigenvalue weighted by Gasteiger charge is -2.36. The lowest BCUT2D eigenvalue weighted by atomic mass is 9.96. The number of carbonyl (C=O) groups is 1. The molecular weight excluding hydrogens is 386 g/mol. The van der Waals surface area contributed by atoms with Gasteiger partial charge in [0.15, 0.2) is 5.69 Å². The number of aromatic nitrogens is 2. The summed E-state index contributed by atoms with van der Waals surface area (Å²) in [4.78, 5) is 19.5. The first-order valence-corrected chi connectivity index (χ1v) is 10.9. The highest BCUT2D eigenvalue weighted by molar-refractivity contribution is 6.99. The van der Waals surface area contributed by atoms with Gasteiger partial charge < -0.3 is 14.5 Å². The SMILES string of the molecule is COc1ccccc1CN1CCC[C@H](CN(CCN(C)C)C(=O)c2cnsn2)C1. The van der Waals surface area contributed by atoms with Crippen LogP contribution in [0.5, 0.6) is 5.75 Å². The van der Waals surface area contributed by atoms with Crippen LogP contribution in [-0.2, 0) is 6.54 Å². The second-order valence-corrected chi connectivity index (χ2v) is 8.46. The van der Waals surface area contributed by atoms with Crippen LogP contribution < -0.4 is 4.74 Å². The summed E-state index contributed by atoms with van der Waals surface area (Å²) in [5.74, 6) is 1.38. The highest BCUT2D eigenvalue weighted by Gasteiger charge is 2.26. The van der Waals surface area contributed by atoms with E-state index in [1.807, 2.05) is 31.1 Å². The van der Waals surface area contributed by atoms with Crippen LogP contribution in [0, 0.1) is 5.92 Å². The summed E-state index contributed by atoms with van der Waals surface area (Å²) in [7, 11) is 5.78. The predicted octanol–water partition coefficient (Wildman–Crippen LogP) is 2.46. The van der Waals surface area contributed by atoms with Crippen LogP contribution in [-0.4, -0.2) is 83.3 Å². The normalized spacial score (nSPS) is 17.4. The molecule has 1 atom stereocenters. The third-order valence-electron chi connectivity index (χ3n) is 5.35. The topological polar surface area (TPSA) is 61.8 Å². The summed E-state index contributed by atoms with van der Waals surface area (Å²) in [6, 6.07) is 8.20. The lowest BCUT2D eigenvalue weighted by Crippen LogP contribution is -2.44. The van der Waals surface area contributed by atoms with Gasteiger partial charge in [0.05, 0.1) is 25.0 Å². The van der Waals surface area contributed by atoms with Crippen molar-refractivity contribution in [2.45, 2.75) is 19.4 Å². The first-order valence-electron chi connectivity index (χ1n) is 10.1. The van der Waals surface area contributed by atoms with Gasteiger partial charge in [-0.1, -0.05) is 18.2 Å². The van der Waals surface area contributed by atoms with Gasteiger partial charge in [-0.05, 0) is 45.5 Å². The van der Waals surface area contributed by atoms with Crippen molar-refractivity contribution >= 4 is 17.6 Å². The van der Waals surface area contributed by atoms with Crippen molar-refractivity contribution in [1.29, 1.82) is 0 Å². The van der Waals surface area contributed by atoms with Crippen LogP contribution in [0.2, 0.25) is 0 Å². The van der Waals surface area contributed by atoms with Crippen molar-refractivity contribution < 1.29 is 9.53 Å². The zero-order valence-corrected chi connectivity index (χ0v) is 18.4. The Kier molecular flexibility index (Phi) is 7.97. The molecule has 2 aromatic rings. The van der Waals surface area contributed by atoms with Crippen molar-refractivity contribution in [2.24, 2.45) is 5.92 Å². The number of likely N-dealkylation sites (tertiary alicyclic amines) is 1. The Morgan fingerprint density at radius 2 is 2.14 bits per heavy atom. The molecule has 0 radical (unpaired) electrons. The molecule has 0 bridgehead atoms. The van der Waals surface area contributed by atoms with Crippen molar-refractivity contribution in [1.82, 2.24) is 23.4 Å². The Bertz CT molecular complexity index is 768. The van der Waals surface area contributed by atoms with Crippen LogP contribution in [0.1, 0.15) is 28.9 Å². The Balaban J connectivity index is 1.63. The summed E-state index contributed by atoms with van der Waals surface area (Å²) >= 11 is 1.08. The fourth-order valence-corrected chi connectivity index (χ4v) is 4.25. The van der Waals surface area contributed by atoms with Crippen LogP contribution in [0.3, 0.4) is 0 Å². The number of piperidine rings is 1. The van der Waals surface area contributed by atoms with E-state index in [1.54, 1.807) is 13.3 Å². The van der Waals surface area contributed by atoms with Gasteiger partial charge in [0.1, 0.15) is 5.75 Å². The molecule has 1 aliphatic heterocycles. The molecule has 0 N–H and O–H groups in total. The standard InChI is InChI=1S/C21H31N5O2S/c1-24(2)11-12-26(21(27)19-13-22-29-23-19)15-17-7-6-10-25(14-17)16-18-8-4-5-9-20(18)28-3/h4-5,8-9,13,17H,6-7,10-12,14-16H2,1-3H3/t17-/m0/s1. The number of hydrogen-bond acceptors (Lipinski definition) is 7. The van der Waals surface area contributed by atoms with Gasteiger partial charge in [-0.2, -0.15) is 8.75 Å². The maximum atomic E-state index is 12.9. The molecule has 0 aliphatic carbocycles. The number of hydrogen-bond donors (Lipinski definition) is 0. The molecule has 1 fully saturated rings. The number of nitrogens with zero attached hydrogens (tertiary/aromatic N) is 5. The van der Waals surface area contributed by atoms with Gasteiger partial charge in [-0.15, -0.1) is 0 Å². The molecule has 158 valence electrons. The second-order valence-electron chi connectivity index (χ2n) is 7.90. The smallest absolute Gasteiger partial charge is 0.275 e. The average molecular weight is 418 g/mol. The van der Waals surface area contributed by atoms with E-state index in [-0.39, 0.29) is 5.91 Å². The molecule has 1 amide bonds. The minimum absolute atomic E-state index is 0.0116. The summed E-state index contributed by atoms with van der Waals surface area (Å²) in [6.45, 7) is 5.23. The number of likely N-dealkylation sites (N-methyl/N-ethyl adjacent to an activating group) is 1. The Morgan fingerprint density at radius 3 is 2.86 bits per heavy atom. The number of benzene rings is 1. The summed E-state index contributed by atoms with van der Waals surface area (Å²) in [6.07, 6.45) is 3.86. The Morgan fingerprint density at radius 1 is 1.31 bits per heavy atom. The fourth-order valence-electron chi connectivity index (χ4n) is 3.85. The third-order valence-corrected chi connectivity index (χ3v) is 5.83. The second kappa shape index (κ2) is 10.7. The molecule has 0 spiro atoms. The molecule has 0 saturated carbocycles. The van der Waals surface area contributed by atoms with Crippen LogP contribution in [0.4, 0.5) is 0 Å². The van der Waals surface area contributed by atoms with Gasteiger partial charge in [-0.3, -0.25) is 9.69 Å². The highest BCUT2D eigenvalue weighted by Crippen LogP contribution is 2.24. The molecule has 1 aromatic carbocycles. The van der Waals surface area contributed by atoms with Gasteiger partial charge in [0.25, 0.3) is 5.91 Å². The number of carbonyl (C=O) groups excluding carboxylic acids is 1. The van der Waals surface area contributed by atoms with Crippen LogP contribution in [0.25, 0.3) is 0 Å². The molecule has 29 heavy (non-hydrogen) atoms. The maximum Gasteiger partial charge on any atom is 0.275 e. The Hall–Kier alpha value is -2.03. The average Bonchev–Trinajstić information content (AvgIpc) is 3.26. The molecular formula is C21H31N5O2S. The van der Waals surface area contributed by atoms with Crippen molar-refractivity contribution in [2.75, 3.05) is 53.9 Å². The minimum Gasteiger partial charge on any atom is -0.496 e. The molecule has 1 aromatic heterocycles. The van der Waals surface area contributed by atoms with Crippen LogP contribution >= 0.6 is 11.7 Å². The van der Waals surface area contributed by atoms with E-state index in [4.69, 9.17) is 4.74 Å². The maximum absolute atomic E-state index is 12.9. The molecule has 7 nitrogen and oxygen atoms in total. The Labute approximate surface area is 177 Å². The van der Waals surface area contributed by atoms with Crippen molar-refractivity contribution in [3.63, 3.8) is 0 Å². The molecule has 8 heteroatoms. The van der Waals surface area contributed by atoms with Crippen molar-refractivity contribution in [3.05, 3.63) is 41.7 Å². The highest BCUT2D eigenvalue weighted by atomic mass is 32.1. The largest absolute Gasteiger partial charge is 0.496 e. The zero-order valence-electron chi connectivity index (χ0n) is 17.6. The van der Waals surface area contributed by atoms with E-state index >= 15 is 0 Å². The van der Waals surface area contributed by atoms with Gasteiger partial charge in [0.2, 0.25) is 0 Å². The third kappa shape index (κ3) is 6.22. The monoisotopic (exact) mass is 417 g/mol. The first kappa shape index (κ1) is 21.7. The van der Waals surface area contributed by atoms with E-state index in [9.17, 15) is 4.79 Å². The van der Waals surface area contributed by atoms with E-state index in [0.29, 0.717) is 18.2 Å². The van der Waals surface area contributed by atoms with E-state index in [1.165, 1.54) is 5.56 Å². The van der Waals surface area contributed by atoms with Gasteiger partial charge in [-0.25, -0.2) is 0 Å². The molecule has 2 heterocycles. The molecule has 0 unspecified atom stereocenters. The number of methoxy groups -OCH3 is 1. The fraction of sp³-hybridized carbons (Fsp3) is 0.571. The zero-order chi connectivity index (χ0) is 20.6. The number of para-hydroxylation sites is 1. The minimum atomic E-state index is -0.0116. The molecule has 1 saturated heterocycles. The number of amides is 1. The quantitative estimate of drug-likeness (QED) is 0.625. The summed E-state index contributed by atoms with van der Waals surface area (Å²) in [5.41, 5.74) is 1.67. The van der Waals surface area contributed by atoms with E-state index < -0.39 is 0 Å². The summed E-state index contributed by atoms with van der Waals surface area (Å²) < 4.78 is 13.7. The van der Waals surface area contributed by atoms with Crippen LogP contribution in [0.15, 0.2) is 30.5 Å². The van der Waals surface area contributed by atoms with Crippen molar-refractivity contribution in [3.8, 4) is 5.75 Å². The van der Waals surface area contributed by atoms with E-state index in [0.717, 1.165) is 63.0 Å². The number of ether oxygens (including phenoxy) is 1. The molecule has 3 rings (SSSR count). The van der Waals surface area contributed by atoms with Gasteiger partial charge >= 0.3 is 0 Å².